The average Bonchev–Trinajstić information content (AvgIpc) is 2.71. The predicted molar refractivity (Wildman–Crippen MR) is 59.7 cm³/mol. The molecule has 3 N–H and O–H groups in total. The first kappa shape index (κ1) is 12.3. The van der Waals surface area contributed by atoms with Crippen molar-refractivity contribution in [1.82, 2.24) is 0 Å². The molecule has 2 rings (SSSR count). The van der Waals surface area contributed by atoms with Crippen molar-refractivity contribution in [1.29, 1.82) is 0 Å². The average molecular weight is 249 g/mol. The first-order valence-corrected chi connectivity index (χ1v) is 7.42. The second-order valence-electron chi connectivity index (χ2n) is 5.01. The van der Waals surface area contributed by atoms with Crippen molar-refractivity contribution >= 4 is 9.84 Å². The quantitative estimate of drug-likeness (QED) is 0.675. The fraction of sp³-hybridized carbons (Fsp3) is 1.00. The summed E-state index contributed by atoms with van der Waals surface area (Å²) in [7, 11) is -3.06. The molecule has 0 amide bonds. The van der Waals surface area contributed by atoms with Crippen LogP contribution in [0.4, 0.5) is 0 Å². The van der Waals surface area contributed by atoms with Gasteiger partial charge >= 0.3 is 0 Å². The Hall–Kier alpha value is -0.170. The molecule has 16 heavy (non-hydrogen) atoms. The monoisotopic (exact) mass is 249 g/mol. The number of sulfone groups is 1. The molecular formula is C10H19NO4S. The summed E-state index contributed by atoms with van der Waals surface area (Å²) < 4.78 is 28.6. The molecular weight excluding hydrogens is 230 g/mol. The number of hydrogen-bond acceptors (Lipinski definition) is 5. The van der Waals surface area contributed by atoms with Gasteiger partial charge < -0.3 is 15.6 Å². The van der Waals surface area contributed by atoms with Gasteiger partial charge in [-0.25, -0.2) is 8.42 Å². The summed E-state index contributed by atoms with van der Waals surface area (Å²) in [6.07, 6.45) is 0.570. The van der Waals surface area contributed by atoms with Gasteiger partial charge in [0, 0.05) is 25.0 Å². The molecule has 6 heteroatoms. The Labute approximate surface area is 95.9 Å². The van der Waals surface area contributed by atoms with E-state index in [1.54, 1.807) is 6.92 Å². The minimum Gasteiger partial charge on any atom is -0.386 e. The molecule has 2 fully saturated rings. The Bertz CT molecular complexity index is 382. The Balaban J connectivity index is 2.36. The minimum atomic E-state index is -3.06. The number of hydrogen-bond donors (Lipinski definition) is 2. The topological polar surface area (TPSA) is 89.6 Å². The summed E-state index contributed by atoms with van der Waals surface area (Å²) in [5.74, 6) is 0.111. The summed E-state index contributed by atoms with van der Waals surface area (Å²) in [4.78, 5) is 0. The fourth-order valence-corrected chi connectivity index (χ4v) is 5.22. The highest BCUT2D eigenvalue weighted by Gasteiger charge is 2.59. The van der Waals surface area contributed by atoms with Crippen molar-refractivity contribution in [2.45, 2.75) is 31.5 Å². The molecule has 0 aliphatic carbocycles. The van der Waals surface area contributed by atoms with E-state index in [1.165, 1.54) is 0 Å². The van der Waals surface area contributed by atoms with Gasteiger partial charge in [-0.05, 0) is 13.3 Å². The van der Waals surface area contributed by atoms with Gasteiger partial charge in [0.25, 0.3) is 0 Å². The minimum absolute atomic E-state index is 0.0132. The maximum Gasteiger partial charge on any atom is 0.151 e. The Kier molecular flexibility index (Phi) is 2.81. The highest BCUT2D eigenvalue weighted by molar-refractivity contribution is 7.91. The zero-order chi connectivity index (χ0) is 12.0. The van der Waals surface area contributed by atoms with Crippen LogP contribution in [0.2, 0.25) is 0 Å². The Morgan fingerprint density at radius 3 is 2.56 bits per heavy atom. The Morgan fingerprint density at radius 2 is 2.19 bits per heavy atom. The normalized spacial score (nSPS) is 47.3. The molecule has 3 atom stereocenters. The van der Waals surface area contributed by atoms with E-state index in [2.05, 4.69) is 0 Å². The van der Waals surface area contributed by atoms with Crippen LogP contribution in [0, 0.1) is 5.41 Å². The van der Waals surface area contributed by atoms with Crippen LogP contribution in [0.15, 0.2) is 0 Å². The van der Waals surface area contributed by atoms with E-state index < -0.39 is 20.9 Å². The SMILES string of the molecule is CC1OCCC1(O)C1(CN)CCS(=O)(=O)C1. The van der Waals surface area contributed by atoms with Crippen LogP contribution in [-0.2, 0) is 14.6 Å². The van der Waals surface area contributed by atoms with E-state index in [1.807, 2.05) is 0 Å². The largest absolute Gasteiger partial charge is 0.386 e. The molecule has 0 radical (unpaired) electrons. The maximum absolute atomic E-state index is 11.6. The van der Waals surface area contributed by atoms with E-state index >= 15 is 0 Å². The van der Waals surface area contributed by atoms with Gasteiger partial charge in [-0.3, -0.25) is 0 Å². The summed E-state index contributed by atoms with van der Waals surface area (Å²) in [5, 5.41) is 10.7. The third-order valence-corrected chi connectivity index (χ3v) is 6.04. The van der Waals surface area contributed by atoms with Gasteiger partial charge in [0.2, 0.25) is 0 Å². The first-order chi connectivity index (χ1) is 7.35. The zero-order valence-electron chi connectivity index (χ0n) is 9.48. The molecule has 0 aromatic rings. The van der Waals surface area contributed by atoms with Crippen LogP contribution in [-0.4, -0.2) is 49.9 Å². The second kappa shape index (κ2) is 3.66. The number of rotatable bonds is 2. The zero-order valence-corrected chi connectivity index (χ0v) is 10.3. The van der Waals surface area contributed by atoms with Crippen molar-refractivity contribution in [3.8, 4) is 0 Å². The smallest absolute Gasteiger partial charge is 0.151 e. The molecule has 0 aromatic carbocycles. The predicted octanol–water partition coefficient (Wildman–Crippen LogP) is -0.710. The second-order valence-corrected chi connectivity index (χ2v) is 7.20. The van der Waals surface area contributed by atoms with Crippen molar-refractivity contribution in [3.05, 3.63) is 0 Å². The number of nitrogens with two attached hydrogens (primary N) is 1. The highest BCUT2D eigenvalue weighted by Crippen LogP contribution is 2.47. The van der Waals surface area contributed by atoms with Crippen molar-refractivity contribution in [2.75, 3.05) is 24.7 Å². The van der Waals surface area contributed by atoms with Gasteiger partial charge in [0.1, 0.15) is 5.60 Å². The van der Waals surface area contributed by atoms with Crippen LogP contribution in [0.25, 0.3) is 0 Å². The molecule has 94 valence electrons. The van der Waals surface area contributed by atoms with Crippen molar-refractivity contribution in [2.24, 2.45) is 11.1 Å². The lowest BCUT2D eigenvalue weighted by atomic mass is 9.68. The van der Waals surface area contributed by atoms with Gasteiger partial charge in [0.05, 0.1) is 17.6 Å². The fourth-order valence-electron chi connectivity index (χ4n) is 3.02. The molecule has 2 saturated heterocycles. The summed E-state index contributed by atoms with van der Waals surface area (Å²) in [6, 6.07) is 0. The van der Waals surface area contributed by atoms with Gasteiger partial charge in [-0.15, -0.1) is 0 Å². The van der Waals surface area contributed by atoms with E-state index in [9.17, 15) is 13.5 Å². The van der Waals surface area contributed by atoms with Gasteiger partial charge in [0.15, 0.2) is 9.84 Å². The van der Waals surface area contributed by atoms with Crippen LogP contribution < -0.4 is 5.73 Å². The van der Waals surface area contributed by atoms with Crippen LogP contribution in [0.1, 0.15) is 19.8 Å². The lowest BCUT2D eigenvalue weighted by Crippen LogP contribution is -2.57. The molecule has 3 unspecified atom stereocenters. The highest BCUT2D eigenvalue weighted by atomic mass is 32.2. The van der Waals surface area contributed by atoms with Gasteiger partial charge in [-0.1, -0.05) is 0 Å². The molecule has 0 aromatic heterocycles. The molecule has 2 heterocycles. The summed E-state index contributed by atoms with van der Waals surface area (Å²) >= 11 is 0. The van der Waals surface area contributed by atoms with Crippen LogP contribution in [0.3, 0.4) is 0 Å². The standard InChI is InChI=1S/C10H19NO4S/c1-8-10(12,2-4-15-8)9(6-11)3-5-16(13,14)7-9/h8,12H,2-7,11H2,1H3. The molecule has 0 bridgehead atoms. The van der Waals surface area contributed by atoms with Crippen molar-refractivity contribution < 1.29 is 18.3 Å². The third kappa shape index (κ3) is 1.59. The molecule has 2 aliphatic rings. The molecule has 2 aliphatic heterocycles. The number of ether oxygens (including phenoxy) is 1. The molecule has 5 nitrogen and oxygen atoms in total. The van der Waals surface area contributed by atoms with Crippen LogP contribution in [0.5, 0.6) is 0 Å². The number of aliphatic hydroxyl groups is 1. The molecule has 0 spiro atoms. The van der Waals surface area contributed by atoms with Gasteiger partial charge in [-0.2, -0.15) is 0 Å². The lowest BCUT2D eigenvalue weighted by Gasteiger charge is -2.42. The molecule has 0 saturated carbocycles. The van der Waals surface area contributed by atoms with Crippen molar-refractivity contribution in [3.63, 3.8) is 0 Å². The maximum atomic E-state index is 11.6. The van der Waals surface area contributed by atoms with E-state index in [-0.39, 0.29) is 24.2 Å². The Morgan fingerprint density at radius 1 is 1.50 bits per heavy atom. The third-order valence-electron chi connectivity index (χ3n) is 4.22. The van der Waals surface area contributed by atoms with E-state index in [4.69, 9.17) is 10.5 Å². The summed E-state index contributed by atoms with van der Waals surface area (Å²) in [5.41, 5.74) is 3.92. The first-order valence-electron chi connectivity index (χ1n) is 5.60. The van der Waals surface area contributed by atoms with Crippen LogP contribution >= 0.6 is 0 Å². The van der Waals surface area contributed by atoms with E-state index in [0.29, 0.717) is 19.4 Å². The van der Waals surface area contributed by atoms with E-state index in [0.717, 1.165) is 0 Å². The lowest BCUT2D eigenvalue weighted by molar-refractivity contribution is -0.107. The summed E-state index contributed by atoms with van der Waals surface area (Å²) in [6.45, 7) is 2.45.